The van der Waals surface area contributed by atoms with E-state index >= 15 is 0 Å². The lowest BCUT2D eigenvalue weighted by Crippen LogP contribution is -2.46. The summed E-state index contributed by atoms with van der Waals surface area (Å²) in [7, 11) is 0. The first-order valence-electron chi connectivity index (χ1n) is 7.69. The van der Waals surface area contributed by atoms with Crippen molar-refractivity contribution in [3.8, 4) is 0 Å². The molecule has 0 bridgehead atoms. The molecule has 1 N–H and O–H groups in total. The highest BCUT2D eigenvalue weighted by Gasteiger charge is 2.18. The molecule has 0 aliphatic carbocycles. The quantitative estimate of drug-likeness (QED) is 0.905. The lowest BCUT2D eigenvalue weighted by atomic mass is 10.3. The lowest BCUT2D eigenvalue weighted by molar-refractivity contribution is 0.102. The summed E-state index contributed by atoms with van der Waals surface area (Å²) in [6.45, 7) is 8.78. The van der Waals surface area contributed by atoms with Crippen LogP contribution in [0.5, 0.6) is 0 Å². The molecule has 0 atom stereocenters. The van der Waals surface area contributed by atoms with E-state index < -0.39 is 0 Å². The Morgan fingerprint density at radius 3 is 2.70 bits per heavy atom. The van der Waals surface area contributed by atoms with Crippen LogP contribution in [-0.2, 0) is 0 Å². The van der Waals surface area contributed by atoms with Crippen molar-refractivity contribution in [2.45, 2.75) is 13.8 Å². The number of nitrogens with zero attached hydrogens (tertiary/aromatic N) is 5. The zero-order chi connectivity index (χ0) is 16.2. The van der Waals surface area contributed by atoms with E-state index in [1.165, 1.54) is 6.33 Å². The van der Waals surface area contributed by atoms with Crippen molar-refractivity contribution in [2.24, 2.45) is 0 Å². The largest absolute Gasteiger partial charge is 0.360 e. The van der Waals surface area contributed by atoms with Crippen molar-refractivity contribution in [3.63, 3.8) is 0 Å². The number of anilines is 2. The predicted molar refractivity (Wildman–Crippen MR) is 85.6 cm³/mol. The molecule has 1 fully saturated rings. The molecule has 1 aliphatic rings. The van der Waals surface area contributed by atoms with E-state index in [4.69, 9.17) is 4.52 Å². The molecule has 8 nitrogen and oxygen atoms in total. The maximum absolute atomic E-state index is 12.2. The Morgan fingerprint density at radius 1 is 1.26 bits per heavy atom. The van der Waals surface area contributed by atoms with Crippen molar-refractivity contribution in [1.29, 1.82) is 0 Å². The normalized spacial score (nSPS) is 15.7. The first-order chi connectivity index (χ1) is 11.2. The van der Waals surface area contributed by atoms with Gasteiger partial charge in [0.25, 0.3) is 5.91 Å². The number of amides is 1. The molecule has 23 heavy (non-hydrogen) atoms. The van der Waals surface area contributed by atoms with Gasteiger partial charge in [0, 0.05) is 38.3 Å². The monoisotopic (exact) mass is 316 g/mol. The van der Waals surface area contributed by atoms with E-state index in [0.29, 0.717) is 17.3 Å². The third-order valence-electron chi connectivity index (χ3n) is 3.90. The minimum atomic E-state index is -0.325. The van der Waals surface area contributed by atoms with Crippen LogP contribution in [0.15, 0.2) is 23.0 Å². The van der Waals surface area contributed by atoms with Crippen LogP contribution in [0.25, 0.3) is 0 Å². The van der Waals surface area contributed by atoms with Crippen LogP contribution in [0.1, 0.15) is 23.2 Å². The minimum Gasteiger partial charge on any atom is -0.360 e. The van der Waals surface area contributed by atoms with E-state index in [9.17, 15) is 4.79 Å². The number of carbonyl (C=O) groups is 1. The molecular weight excluding hydrogens is 296 g/mol. The molecule has 1 aliphatic heterocycles. The van der Waals surface area contributed by atoms with Crippen molar-refractivity contribution >= 4 is 17.5 Å². The molecule has 0 aromatic carbocycles. The van der Waals surface area contributed by atoms with E-state index in [2.05, 4.69) is 37.2 Å². The Balaban J connectivity index is 1.68. The summed E-state index contributed by atoms with van der Waals surface area (Å²) in [5, 5.41) is 6.41. The smallest absolute Gasteiger partial charge is 0.275 e. The molecule has 0 saturated carbocycles. The Labute approximate surface area is 134 Å². The fourth-order valence-electron chi connectivity index (χ4n) is 2.54. The van der Waals surface area contributed by atoms with Gasteiger partial charge in [-0.25, -0.2) is 9.97 Å². The van der Waals surface area contributed by atoms with E-state index in [1.54, 1.807) is 19.1 Å². The zero-order valence-electron chi connectivity index (χ0n) is 13.3. The minimum absolute atomic E-state index is 0.313. The third kappa shape index (κ3) is 3.65. The van der Waals surface area contributed by atoms with Crippen LogP contribution < -0.4 is 10.2 Å². The highest BCUT2D eigenvalue weighted by molar-refractivity contribution is 6.02. The molecule has 8 heteroatoms. The average Bonchev–Trinajstić information content (AvgIpc) is 3.00. The van der Waals surface area contributed by atoms with Crippen molar-refractivity contribution in [3.05, 3.63) is 29.9 Å². The standard InChI is InChI=1S/C15H20N6O2/c1-3-20-4-6-21(7-5-20)14-9-12(16-10-17-14)15(22)18-13-8-11(2)23-19-13/h8-10H,3-7H2,1-2H3,(H,18,19,22). The van der Waals surface area contributed by atoms with Gasteiger partial charge in [-0.2, -0.15) is 0 Å². The van der Waals surface area contributed by atoms with Crippen molar-refractivity contribution in [2.75, 3.05) is 42.9 Å². The molecule has 2 aromatic heterocycles. The number of hydrogen-bond donors (Lipinski definition) is 1. The van der Waals surface area contributed by atoms with Crippen LogP contribution >= 0.6 is 0 Å². The number of piperazine rings is 1. The second-order valence-corrected chi connectivity index (χ2v) is 5.46. The first kappa shape index (κ1) is 15.4. The van der Waals surface area contributed by atoms with Gasteiger partial charge in [0.05, 0.1) is 0 Å². The van der Waals surface area contributed by atoms with Crippen molar-refractivity contribution in [1.82, 2.24) is 20.0 Å². The van der Waals surface area contributed by atoms with Gasteiger partial charge in [-0.05, 0) is 13.5 Å². The maximum Gasteiger partial charge on any atom is 0.275 e. The van der Waals surface area contributed by atoms with Crippen LogP contribution in [0.3, 0.4) is 0 Å². The zero-order valence-corrected chi connectivity index (χ0v) is 13.3. The number of aromatic nitrogens is 3. The lowest BCUT2D eigenvalue weighted by Gasteiger charge is -2.34. The van der Waals surface area contributed by atoms with Gasteiger partial charge in [-0.1, -0.05) is 12.1 Å². The van der Waals surface area contributed by atoms with Crippen LogP contribution in [0, 0.1) is 6.92 Å². The molecule has 0 spiro atoms. The van der Waals surface area contributed by atoms with Gasteiger partial charge < -0.3 is 19.6 Å². The number of aryl methyl sites for hydroxylation is 1. The van der Waals surface area contributed by atoms with Gasteiger partial charge in [-0.15, -0.1) is 0 Å². The molecule has 0 radical (unpaired) electrons. The van der Waals surface area contributed by atoms with Gasteiger partial charge in [0.2, 0.25) is 0 Å². The maximum atomic E-state index is 12.2. The number of nitrogens with one attached hydrogen (secondary N) is 1. The molecule has 1 saturated heterocycles. The fraction of sp³-hybridized carbons (Fsp3) is 0.467. The summed E-state index contributed by atoms with van der Waals surface area (Å²) < 4.78 is 4.93. The van der Waals surface area contributed by atoms with Crippen LogP contribution in [0.4, 0.5) is 11.6 Å². The number of rotatable bonds is 4. The summed E-state index contributed by atoms with van der Waals surface area (Å²) in [4.78, 5) is 25.1. The first-order valence-corrected chi connectivity index (χ1v) is 7.69. The Hall–Kier alpha value is -2.48. The van der Waals surface area contributed by atoms with Crippen LogP contribution in [0.2, 0.25) is 0 Å². The Bertz CT molecular complexity index is 678. The summed E-state index contributed by atoms with van der Waals surface area (Å²) in [6, 6.07) is 3.37. The van der Waals surface area contributed by atoms with Gasteiger partial charge in [-0.3, -0.25) is 4.79 Å². The highest BCUT2D eigenvalue weighted by atomic mass is 16.5. The topological polar surface area (TPSA) is 87.4 Å². The van der Waals surface area contributed by atoms with Gasteiger partial charge in [0.15, 0.2) is 5.82 Å². The molecule has 3 heterocycles. The summed E-state index contributed by atoms with van der Waals surface area (Å²) >= 11 is 0. The molecule has 1 amide bonds. The number of carbonyl (C=O) groups excluding carboxylic acids is 1. The van der Waals surface area contributed by atoms with E-state index in [-0.39, 0.29) is 5.91 Å². The van der Waals surface area contributed by atoms with Gasteiger partial charge >= 0.3 is 0 Å². The Kier molecular flexibility index (Phi) is 4.52. The van der Waals surface area contributed by atoms with Crippen molar-refractivity contribution < 1.29 is 9.32 Å². The average molecular weight is 316 g/mol. The SMILES string of the molecule is CCN1CCN(c2cc(C(=O)Nc3cc(C)on3)ncn2)CC1. The molecular formula is C15H20N6O2. The molecule has 122 valence electrons. The molecule has 2 aromatic rings. The fourth-order valence-corrected chi connectivity index (χ4v) is 2.54. The van der Waals surface area contributed by atoms with Gasteiger partial charge in [0.1, 0.15) is 23.6 Å². The second kappa shape index (κ2) is 6.74. The summed E-state index contributed by atoms with van der Waals surface area (Å²) in [5.74, 6) is 1.47. The Morgan fingerprint density at radius 2 is 2.04 bits per heavy atom. The highest BCUT2D eigenvalue weighted by Crippen LogP contribution is 2.15. The molecule has 3 rings (SSSR count). The third-order valence-corrected chi connectivity index (χ3v) is 3.90. The second-order valence-electron chi connectivity index (χ2n) is 5.46. The summed E-state index contributed by atoms with van der Waals surface area (Å²) in [6.07, 6.45) is 1.42. The summed E-state index contributed by atoms with van der Waals surface area (Å²) in [5.41, 5.74) is 0.313. The number of likely N-dealkylation sites (N-methyl/N-ethyl adjacent to an activating group) is 1. The van der Waals surface area contributed by atoms with E-state index in [0.717, 1.165) is 38.5 Å². The number of hydrogen-bond acceptors (Lipinski definition) is 7. The van der Waals surface area contributed by atoms with Crippen LogP contribution in [-0.4, -0.2) is 58.7 Å². The predicted octanol–water partition coefficient (Wildman–Crippen LogP) is 1.17. The molecule has 0 unspecified atom stereocenters. The van der Waals surface area contributed by atoms with E-state index in [1.807, 2.05) is 0 Å².